The second kappa shape index (κ2) is 5.89. The largest absolute Gasteiger partial charge is 0.494 e. The van der Waals surface area contributed by atoms with Crippen LogP contribution in [0.2, 0.25) is 0 Å². The molecule has 0 saturated heterocycles. The van der Waals surface area contributed by atoms with Gasteiger partial charge in [0.05, 0.1) is 6.61 Å². The lowest BCUT2D eigenvalue weighted by molar-refractivity contribution is 0.340. The normalized spacial score (nSPS) is 12.5. The highest BCUT2D eigenvalue weighted by molar-refractivity contribution is 6.17. The Kier molecular flexibility index (Phi) is 4.77. The summed E-state index contributed by atoms with van der Waals surface area (Å²) in [5.41, 5.74) is 7.01. The van der Waals surface area contributed by atoms with Crippen molar-refractivity contribution in [3.63, 3.8) is 0 Å². The van der Waals surface area contributed by atoms with E-state index in [1.54, 1.807) is 0 Å². The van der Waals surface area contributed by atoms with Crippen molar-refractivity contribution in [1.29, 1.82) is 0 Å². The fourth-order valence-corrected chi connectivity index (χ4v) is 1.50. The molecule has 0 aromatic heterocycles. The van der Waals surface area contributed by atoms with Crippen LogP contribution in [0.3, 0.4) is 0 Å². The summed E-state index contributed by atoms with van der Waals surface area (Å²) in [5.74, 6) is 1.48. The SMILES string of the molecule is CCOc1ccc(C(N)CCCl)cc1. The number of alkyl halides is 1. The Balaban J connectivity index is 2.62. The number of halogens is 1. The minimum atomic E-state index is 0.0307. The first-order valence-corrected chi connectivity index (χ1v) is 5.35. The van der Waals surface area contributed by atoms with Crippen LogP contribution in [-0.4, -0.2) is 12.5 Å². The van der Waals surface area contributed by atoms with Crippen LogP contribution in [0, 0.1) is 0 Å². The molecule has 0 aliphatic carbocycles. The molecule has 1 aromatic carbocycles. The van der Waals surface area contributed by atoms with Crippen LogP contribution < -0.4 is 10.5 Å². The minimum Gasteiger partial charge on any atom is -0.494 e. The average Bonchev–Trinajstić information content (AvgIpc) is 2.20. The van der Waals surface area contributed by atoms with E-state index >= 15 is 0 Å². The first kappa shape index (κ1) is 11.3. The first-order valence-electron chi connectivity index (χ1n) is 4.82. The molecule has 0 bridgehead atoms. The molecule has 1 aromatic rings. The lowest BCUT2D eigenvalue weighted by atomic mass is 10.1. The van der Waals surface area contributed by atoms with E-state index in [2.05, 4.69) is 0 Å². The summed E-state index contributed by atoms with van der Waals surface area (Å²) in [6, 6.07) is 7.88. The monoisotopic (exact) mass is 213 g/mol. The van der Waals surface area contributed by atoms with Gasteiger partial charge < -0.3 is 10.5 Å². The molecule has 0 saturated carbocycles. The average molecular weight is 214 g/mol. The van der Waals surface area contributed by atoms with Crippen molar-refractivity contribution in [1.82, 2.24) is 0 Å². The van der Waals surface area contributed by atoms with Crippen LogP contribution in [0.5, 0.6) is 5.75 Å². The molecule has 14 heavy (non-hydrogen) atoms. The molecule has 1 unspecified atom stereocenters. The molecule has 0 radical (unpaired) electrons. The topological polar surface area (TPSA) is 35.2 Å². The van der Waals surface area contributed by atoms with Crippen LogP contribution in [0.25, 0.3) is 0 Å². The molecule has 1 rings (SSSR count). The minimum absolute atomic E-state index is 0.0307. The summed E-state index contributed by atoms with van der Waals surface area (Å²) < 4.78 is 5.33. The lowest BCUT2D eigenvalue weighted by Gasteiger charge is -2.10. The van der Waals surface area contributed by atoms with E-state index in [-0.39, 0.29) is 6.04 Å². The highest BCUT2D eigenvalue weighted by atomic mass is 35.5. The summed E-state index contributed by atoms with van der Waals surface area (Å²) in [7, 11) is 0. The third-order valence-electron chi connectivity index (χ3n) is 2.04. The van der Waals surface area contributed by atoms with Gasteiger partial charge in [-0.05, 0) is 31.0 Å². The summed E-state index contributed by atoms with van der Waals surface area (Å²) in [4.78, 5) is 0. The van der Waals surface area contributed by atoms with Gasteiger partial charge >= 0.3 is 0 Å². The predicted molar refractivity (Wildman–Crippen MR) is 59.9 cm³/mol. The van der Waals surface area contributed by atoms with Crippen molar-refractivity contribution in [3.05, 3.63) is 29.8 Å². The maximum absolute atomic E-state index is 5.90. The van der Waals surface area contributed by atoms with E-state index in [0.29, 0.717) is 12.5 Å². The number of rotatable bonds is 5. The molecule has 0 spiro atoms. The Labute approximate surface area is 90.0 Å². The van der Waals surface area contributed by atoms with Gasteiger partial charge in [0, 0.05) is 11.9 Å². The zero-order valence-electron chi connectivity index (χ0n) is 8.37. The molecular weight excluding hydrogens is 198 g/mol. The molecule has 0 aliphatic heterocycles. The first-order chi connectivity index (χ1) is 6.77. The number of ether oxygens (including phenoxy) is 1. The highest BCUT2D eigenvalue weighted by Gasteiger charge is 2.04. The third-order valence-corrected chi connectivity index (χ3v) is 2.26. The van der Waals surface area contributed by atoms with Gasteiger partial charge in [0.1, 0.15) is 5.75 Å². The van der Waals surface area contributed by atoms with Crippen molar-refractivity contribution in [3.8, 4) is 5.75 Å². The maximum Gasteiger partial charge on any atom is 0.119 e. The van der Waals surface area contributed by atoms with Crippen LogP contribution in [0.4, 0.5) is 0 Å². The van der Waals surface area contributed by atoms with Crippen LogP contribution in [0.1, 0.15) is 24.9 Å². The Bertz CT molecular complexity index is 260. The van der Waals surface area contributed by atoms with Gasteiger partial charge in [0.15, 0.2) is 0 Å². The Morgan fingerprint density at radius 3 is 2.50 bits per heavy atom. The number of hydrogen-bond donors (Lipinski definition) is 1. The zero-order chi connectivity index (χ0) is 10.4. The van der Waals surface area contributed by atoms with Crippen LogP contribution >= 0.6 is 11.6 Å². The third kappa shape index (κ3) is 3.20. The van der Waals surface area contributed by atoms with Crippen molar-refractivity contribution >= 4 is 11.6 Å². The number of nitrogens with two attached hydrogens (primary N) is 1. The van der Waals surface area contributed by atoms with E-state index in [0.717, 1.165) is 17.7 Å². The number of benzene rings is 1. The predicted octanol–water partition coefficient (Wildman–Crippen LogP) is 2.71. The Morgan fingerprint density at radius 2 is 2.00 bits per heavy atom. The summed E-state index contributed by atoms with van der Waals surface area (Å²) >= 11 is 5.62. The Morgan fingerprint density at radius 1 is 1.36 bits per heavy atom. The molecule has 0 aliphatic rings. The van der Waals surface area contributed by atoms with Crippen LogP contribution in [-0.2, 0) is 0 Å². The maximum atomic E-state index is 5.90. The standard InChI is InChI=1S/C11H16ClNO/c1-2-14-10-5-3-9(4-6-10)11(13)7-8-12/h3-6,11H,2,7-8,13H2,1H3. The molecule has 3 heteroatoms. The van der Waals surface area contributed by atoms with Gasteiger partial charge in [0.2, 0.25) is 0 Å². The molecule has 2 nitrogen and oxygen atoms in total. The zero-order valence-corrected chi connectivity index (χ0v) is 9.13. The molecule has 0 heterocycles. The van der Waals surface area contributed by atoms with Gasteiger partial charge in [-0.2, -0.15) is 0 Å². The molecular formula is C11H16ClNO. The van der Waals surface area contributed by atoms with Crippen molar-refractivity contribution in [2.75, 3.05) is 12.5 Å². The molecule has 1 atom stereocenters. The molecule has 0 fully saturated rings. The smallest absolute Gasteiger partial charge is 0.119 e. The van der Waals surface area contributed by atoms with Gasteiger partial charge in [-0.25, -0.2) is 0 Å². The lowest BCUT2D eigenvalue weighted by Crippen LogP contribution is -2.10. The van der Waals surface area contributed by atoms with E-state index in [1.165, 1.54) is 0 Å². The number of hydrogen-bond acceptors (Lipinski definition) is 2. The second-order valence-corrected chi connectivity index (χ2v) is 3.46. The van der Waals surface area contributed by atoms with Crippen molar-refractivity contribution < 1.29 is 4.74 Å². The quantitative estimate of drug-likeness (QED) is 0.764. The van der Waals surface area contributed by atoms with Crippen molar-refractivity contribution in [2.45, 2.75) is 19.4 Å². The highest BCUT2D eigenvalue weighted by Crippen LogP contribution is 2.18. The Hall–Kier alpha value is -0.730. The van der Waals surface area contributed by atoms with Gasteiger partial charge in [0.25, 0.3) is 0 Å². The van der Waals surface area contributed by atoms with Crippen LogP contribution in [0.15, 0.2) is 24.3 Å². The summed E-state index contributed by atoms with van der Waals surface area (Å²) in [5, 5.41) is 0. The fraction of sp³-hybridized carbons (Fsp3) is 0.455. The van der Waals surface area contributed by atoms with E-state index < -0.39 is 0 Å². The van der Waals surface area contributed by atoms with E-state index in [1.807, 2.05) is 31.2 Å². The molecule has 0 amide bonds. The molecule has 2 N–H and O–H groups in total. The molecule has 78 valence electrons. The summed E-state index contributed by atoms with van der Waals surface area (Å²) in [6.07, 6.45) is 0.801. The van der Waals surface area contributed by atoms with E-state index in [9.17, 15) is 0 Å². The van der Waals surface area contributed by atoms with Gasteiger partial charge in [-0.15, -0.1) is 11.6 Å². The fourth-order valence-electron chi connectivity index (χ4n) is 1.26. The van der Waals surface area contributed by atoms with Crippen molar-refractivity contribution in [2.24, 2.45) is 5.73 Å². The second-order valence-electron chi connectivity index (χ2n) is 3.09. The van der Waals surface area contributed by atoms with Gasteiger partial charge in [-0.1, -0.05) is 12.1 Å². The summed E-state index contributed by atoms with van der Waals surface area (Å²) in [6.45, 7) is 2.65. The van der Waals surface area contributed by atoms with Gasteiger partial charge in [-0.3, -0.25) is 0 Å². The van der Waals surface area contributed by atoms with E-state index in [4.69, 9.17) is 22.1 Å².